The summed E-state index contributed by atoms with van der Waals surface area (Å²) in [5, 5.41) is 4.21. The number of thioether (sulfide) groups is 1. The van der Waals surface area contributed by atoms with Crippen LogP contribution in [0.4, 0.5) is 4.39 Å². The van der Waals surface area contributed by atoms with E-state index in [1.165, 1.54) is 11.6 Å². The third-order valence-corrected chi connectivity index (χ3v) is 5.94. The molecule has 2 aromatic rings. The van der Waals surface area contributed by atoms with Crippen molar-refractivity contribution in [3.05, 3.63) is 42.1 Å². The molecule has 23 heavy (non-hydrogen) atoms. The highest BCUT2D eigenvalue weighted by atomic mass is 32.2. The molecule has 2 aliphatic rings. The second-order valence-electron chi connectivity index (χ2n) is 6.40. The van der Waals surface area contributed by atoms with E-state index in [4.69, 9.17) is 4.74 Å². The van der Waals surface area contributed by atoms with Crippen molar-refractivity contribution in [2.75, 3.05) is 18.8 Å². The maximum Gasteiger partial charge on any atom is 0.250 e. The quantitative estimate of drug-likeness (QED) is 0.857. The molecule has 2 aliphatic heterocycles. The maximum atomic E-state index is 13.6. The van der Waals surface area contributed by atoms with Crippen LogP contribution in [0.15, 0.2) is 30.7 Å². The van der Waals surface area contributed by atoms with E-state index in [2.05, 4.69) is 21.2 Å². The Morgan fingerprint density at radius 2 is 2.35 bits per heavy atom. The van der Waals surface area contributed by atoms with Crippen molar-refractivity contribution in [3.8, 4) is 5.88 Å². The largest absolute Gasteiger partial charge is 0.471 e. The zero-order valence-corrected chi connectivity index (χ0v) is 13.8. The van der Waals surface area contributed by atoms with Crippen LogP contribution in [0.25, 0.3) is 0 Å². The van der Waals surface area contributed by atoms with E-state index >= 15 is 0 Å². The Morgan fingerprint density at radius 3 is 3.09 bits per heavy atom. The van der Waals surface area contributed by atoms with Crippen molar-refractivity contribution in [3.63, 3.8) is 0 Å². The highest BCUT2D eigenvalue weighted by Crippen LogP contribution is 2.46. The topological polar surface area (TPSA) is 43.2 Å². The molecule has 7 heteroatoms. The Bertz CT molecular complexity index is 701. The summed E-state index contributed by atoms with van der Waals surface area (Å²) in [6.45, 7) is 3.05. The molecule has 0 bridgehead atoms. The van der Waals surface area contributed by atoms with Gasteiger partial charge in [-0.1, -0.05) is 0 Å². The van der Waals surface area contributed by atoms with Gasteiger partial charge in [-0.05, 0) is 12.1 Å². The lowest BCUT2D eigenvalue weighted by atomic mass is 9.92. The molecule has 1 atom stereocenters. The summed E-state index contributed by atoms with van der Waals surface area (Å²) in [4.78, 5) is 6.40. The minimum Gasteiger partial charge on any atom is -0.471 e. The standard InChI is InChI=1S/C16H19FN4OS/c1-20-7-12(6-19-20)8-21-10-16(11-21)5-13(9-23-16)22-15-14(17)3-2-4-18-15/h2-4,6-7,13H,5,8-11H2,1H3/t13-/m0/s1. The fourth-order valence-corrected chi connectivity index (χ4v) is 4.98. The minimum absolute atomic E-state index is 0.0462. The SMILES string of the molecule is Cn1cc(CN2CC3(C[C@H](Oc4ncccc4F)CS3)C2)cn1. The van der Waals surface area contributed by atoms with Gasteiger partial charge in [-0.2, -0.15) is 5.10 Å². The summed E-state index contributed by atoms with van der Waals surface area (Å²) in [6.07, 6.45) is 6.54. The second-order valence-corrected chi connectivity index (χ2v) is 7.88. The average molecular weight is 334 g/mol. The van der Waals surface area contributed by atoms with Crippen LogP contribution in [-0.2, 0) is 13.6 Å². The van der Waals surface area contributed by atoms with Crippen LogP contribution < -0.4 is 4.74 Å². The summed E-state index contributed by atoms with van der Waals surface area (Å²) in [5.41, 5.74) is 1.24. The number of aromatic nitrogens is 3. The van der Waals surface area contributed by atoms with Crippen molar-refractivity contribution >= 4 is 11.8 Å². The van der Waals surface area contributed by atoms with Gasteiger partial charge in [-0.15, -0.1) is 11.8 Å². The number of ether oxygens (including phenoxy) is 1. The molecule has 0 saturated carbocycles. The van der Waals surface area contributed by atoms with Crippen LogP contribution >= 0.6 is 11.8 Å². The fraction of sp³-hybridized carbons (Fsp3) is 0.500. The van der Waals surface area contributed by atoms with Crippen molar-refractivity contribution in [2.45, 2.75) is 23.8 Å². The van der Waals surface area contributed by atoms with Gasteiger partial charge in [0.15, 0.2) is 5.82 Å². The summed E-state index contributed by atoms with van der Waals surface area (Å²) in [5.74, 6) is 0.642. The Balaban J connectivity index is 1.30. The Morgan fingerprint density at radius 1 is 1.48 bits per heavy atom. The van der Waals surface area contributed by atoms with E-state index in [0.29, 0.717) is 0 Å². The average Bonchev–Trinajstić information content (AvgIpc) is 3.08. The number of hydrogen-bond donors (Lipinski definition) is 0. The van der Waals surface area contributed by atoms with Crippen molar-refractivity contribution in [2.24, 2.45) is 7.05 Å². The lowest BCUT2D eigenvalue weighted by Crippen LogP contribution is -2.58. The minimum atomic E-state index is -0.384. The molecule has 2 fully saturated rings. The Kier molecular flexibility index (Phi) is 3.77. The lowest BCUT2D eigenvalue weighted by molar-refractivity contribution is 0.0895. The zero-order valence-electron chi connectivity index (χ0n) is 13.0. The molecular weight excluding hydrogens is 315 g/mol. The molecule has 0 aromatic carbocycles. The summed E-state index contributed by atoms with van der Waals surface area (Å²) in [6, 6.07) is 2.97. The van der Waals surface area contributed by atoms with E-state index in [0.717, 1.165) is 31.8 Å². The number of pyridine rings is 1. The van der Waals surface area contributed by atoms with Crippen LogP contribution in [0, 0.1) is 5.82 Å². The van der Waals surface area contributed by atoms with Gasteiger partial charge in [0.2, 0.25) is 0 Å². The highest BCUT2D eigenvalue weighted by molar-refractivity contribution is 8.01. The molecule has 122 valence electrons. The molecule has 0 amide bonds. The van der Waals surface area contributed by atoms with Gasteiger partial charge in [0.25, 0.3) is 5.88 Å². The smallest absolute Gasteiger partial charge is 0.250 e. The Hall–Kier alpha value is -1.60. The number of rotatable bonds is 4. The normalized spacial score (nSPS) is 23.1. The van der Waals surface area contributed by atoms with E-state index in [9.17, 15) is 4.39 Å². The number of nitrogens with zero attached hydrogens (tertiary/aromatic N) is 4. The van der Waals surface area contributed by atoms with Crippen molar-refractivity contribution in [1.82, 2.24) is 19.7 Å². The molecule has 2 aromatic heterocycles. The zero-order chi connectivity index (χ0) is 15.9. The number of aryl methyl sites for hydroxylation is 1. The molecule has 0 unspecified atom stereocenters. The van der Waals surface area contributed by atoms with Crippen LogP contribution in [0.5, 0.6) is 5.88 Å². The first-order valence-electron chi connectivity index (χ1n) is 7.73. The summed E-state index contributed by atoms with van der Waals surface area (Å²) in [7, 11) is 1.94. The predicted octanol–water partition coefficient (Wildman–Crippen LogP) is 2.09. The summed E-state index contributed by atoms with van der Waals surface area (Å²) < 4.78 is 21.5. The maximum absolute atomic E-state index is 13.6. The van der Waals surface area contributed by atoms with Gasteiger partial charge >= 0.3 is 0 Å². The molecule has 2 saturated heterocycles. The molecule has 0 N–H and O–H groups in total. The van der Waals surface area contributed by atoms with Crippen molar-refractivity contribution < 1.29 is 9.13 Å². The molecule has 0 radical (unpaired) electrons. The Labute approximate surface area is 138 Å². The summed E-state index contributed by atoms with van der Waals surface area (Å²) >= 11 is 1.95. The van der Waals surface area contributed by atoms with Crippen LogP contribution in [-0.4, -0.2) is 49.4 Å². The van der Waals surface area contributed by atoms with Gasteiger partial charge in [-0.3, -0.25) is 9.58 Å². The van der Waals surface area contributed by atoms with E-state index in [1.807, 2.05) is 29.7 Å². The fourth-order valence-electron chi connectivity index (χ4n) is 3.41. The number of halogens is 1. The first-order valence-corrected chi connectivity index (χ1v) is 8.71. The monoisotopic (exact) mass is 334 g/mol. The lowest BCUT2D eigenvalue weighted by Gasteiger charge is -2.47. The van der Waals surface area contributed by atoms with Crippen LogP contribution in [0.2, 0.25) is 0 Å². The van der Waals surface area contributed by atoms with E-state index in [-0.39, 0.29) is 22.5 Å². The third kappa shape index (κ3) is 3.07. The van der Waals surface area contributed by atoms with Crippen LogP contribution in [0.1, 0.15) is 12.0 Å². The molecule has 4 heterocycles. The molecule has 0 aliphatic carbocycles. The van der Waals surface area contributed by atoms with Crippen molar-refractivity contribution in [1.29, 1.82) is 0 Å². The third-order valence-electron chi connectivity index (χ3n) is 4.37. The number of likely N-dealkylation sites (tertiary alicyclic amines) is 1. The highest BCUT2D eigenvalue weighted by Gasteiger charge is 2.49. The first kappa shape index (κ1) is 15.0. The van der Waals surface area contributed by atoms with Gasteiger partial charge in [0.1, 0.15) is 6.10 Å². The van der Waals surface area contributed by atoms with Crippen LogP contribution in [0.3, 0.4) is 0 Å². The molecule has 1 spiro atoms. The first-order chi connectivity index (χ1) is 11.1. The molecular formula is C16H19FN4OS. The predicted molar refractivity (Wildman–Crippen MR) is 86.9 cm³/mol. The van der Waals surface area contributed by atoms with E-state index < -0.39 is 0 Å². The van der Waals surface area contributed by atoms with Gasteiger partial charge in [0, 0.05) is 61.6 Å². The van der Waals surface area contributed by atoms with Gasteiger partial charge < -0.3 is 4.74 Å². The van der Waals surface area contributed by atoms with Gasteiger partial charge in [0.05, 0.1) is 6.20 Å². The molecule has 5 nitrogen and oxygen atoms in total. The van der Waals surface area contributed by atoms with E-state index in [1.54, 1.807) is 12.3 Å². The second kappa shape index (κ2) is 5.79. The molecule has 4 rings (SSSR count). The van der Waals surface area contributed by atoms with Gasteiger partial charge in [-0.25, -0.2) is 9.37 Å². The number of hydrogen-bond acceptors (Lipinski definition) is 5.